The largest absolute Gasteiger partial charge is 0.361 e. The highest BCUT2D eigenvalue weighted by Gasteiger charge is 2.18. The second-order valence-corrected chi connectivity index (χ2v) is 6.04. The number of hydrogen-bond acceptors (Lipinski definition) is 4. The minimum atomic E-state index is -0.102. The van der Waals surface area contributed by atoms with Crippen molar-refractivity contribution in [3.63, 3.8) is 0 Å². The molecule has 2 aromatic carbocycles. The third kappa shape index (κ3) is 2.63. The first kappa shape index (κ1) is 15.3. The maximum atomic E-state index is 12.9. The summed E-state index contributed by atoms with van der Waals surface area (Å²) in [6, 6.07) is 17.4. The molecule has 0 unspecified atom stereocenters. The molecule has 4 aromatic rings. The Morgan fingerprint density at radius 3 is 2.32 bits per heavy atom. The first-order valence-electron chi connectivity index (χ1n) is 8.12. The van der Waals surface area contributed by atoms with Crippen LogP contribution >= 0.6 is 0 Å². The van der Waals surface area contributed by atoms with Crippen LogP contribution in [0.25, 0.3) is 22.0 Å². The van der Waals surface area contributed by atoms with Crippen molar-refractivity contribution >= 4 is 10.8 Å². The smallest absolute Gasteiger partial charge is 0.274 e. The number of aromatic nitrogens is 3. The SMILES string of the molecule is Cc1noc(C)c1-c1nn(Cc2ccccc2)c(=O)c2ccccc12. The molecule has 5 nitrogen and oxygen atoms in total. The van der Waals surface area contributed by atoms with E-state index in [9.17, 15) is 4.79 Å². The standard InChI is InChI=1S/C20H17N3O2/c1-13-18(14(2)25-22-13)19-16-10-6-7-11-17(16)20(24)23(21-19)12-15-8-4-3-5-9-15/h3-11H,12H2,1-2H3. The van der Waals surface area contributed by atoms with Crippen LogP contribution in [0.5, 0.6) is 0 Å². The molecule has 2 aromatic heterocycles. The van der Waals surface area contributed by atoms with Crippen LogP contribution in [0.3, 0.4) is 0 Å². The molecule has 0 aliphatic rings. The van der Waals surface area contributed by atoms with Crippen molar-refractivity contribution in [2.75, 3.05) is 0 Å². The van der Waals surface area contributed by atoms with Gasteiger partial charge >= 0.3 is 0 Å². The van der Waals surface area contributed by atoms with Gasteiger partial charge in [-0.05, 0) is 25.5 Å². The lowest BCUT2D eigenvalue weighted by Gasteiger charge is -2.11. The molecule has 0 fully saturated rings. The second kappa shape index (κ2) is 6.02. The van der Waals surface area contributed by atoms with Crippen LogP contribution in [0.15, 0.2) is 63.9 Å². The maximum absolute atomic E-state index is 12.9. The van der Waals surface area contributed by atoms with Crippen LogP contribution in [0, 0.1) is 13.8 Å². The quantitative estimate of drug-likeness (QED) is 0.574. The zero-order valence-corrected chi connectivity index (χ0v) is 14.1. The van der Waals surface area contributed by atoms with Crippen molar-refractivity contribution in [3.05, 3.63) is 82.0 Å². The van der Waals surface area contributed by atoms with Crippen LogP contribution in [-0.2, 0) is 6.54 Å². The molecule has 0 amide bonds. The van der Waals surface area contributed by atoms with E-state index in [1.807, 2.05) is 68.4 Å². The van der Waals surface area contributed by atoms with Crippen molar-refractivity contribution in [2.24, 2.45) is 0 Å². The summed E-state index contributed by atoms with van der Waals surface area (Å²) in [5, 5.41) is 10.2. The summed E-state index contributed by atoms with van der Waals surface area (Å²) in [7, 11) is 0. The molecule has 0 saturated carbocycles. The third-order valence-electron chi connectivity index (χ3n) is 4.31. The molecule has 0 aliphatic carbocycles. The molecule has 0 aliphatic heterocycles. The Balaban J connectivity index is 1.99. The molecule has 124 valence electrons. The molecule has 0 spiro atoms. The van der Waals surface area contributed by atoms with E-state index in [0.717, 1.165) is 27.9 Å². The monoisotopic (exact) mass is 331 g/mol. The van der Waals surface area contributed by atoms with Gasteiger partial charge < -0.3 is 4.52 Å². The van der Waals surface area contributed by atoms with Gasteiger partial charge in [0.05, 0.1) is 23.2 Å². The average Bonchev–Trinajstić information content (AvgIpc) is 2.97. The Kier molecular flexibility index (Phi) is 3.69. The number of rotatable bonds is 3. The molecular formula is C20H17N3O2. The van der Waals surface area contributed by atoms with E-state index in [0.29, 0.717) is 17.7 Å². The predicted molar refractivity (Wildman–Crippen MR) is 96.5 cm³/mol. The van der Waals surface area contributed by atoms with Crippen LogP contribution < -0.4 is 5.56 Å². The maximum Gasteiger partial charge on any atom is 0.274 e. The molecule has 0 saturated heterocycles. The topological polar surface area (TPSA) is 60.9 Å². The van der Waals surface area contributed by atoms with Crippen molar-refractivity contribution in [2.45, 2.75) is 20.4 Å². The lowest BCUT2D eigenvalue weighted by molar-refractivity contribution is 0.393. The second-order valence-electron chi connectivity index (χ2n) is 6.04. The number of hydrogen-bond donors (Lipinski definition) is 0. The van der Waals surface area contributed by atoms with E-state index in [1.165, 1.54) is 4.68 Å². The summed E-state index contributed by atoms with van der Waals surface area (Å²) in [5.41, 5.74) is 3.26. The normalized spacial score (nSPS) is 11.1. The van der Waals surface area contributed by atoms with Gasteiger partial charge in [0, 0.05) is 5.39 Å². The molecule has 2 heterocycles. The van der Waals surface area contributed by atoms with Gasteiger partial charge in [-0.1, -0.05) is 53.7 Å². The number of nitrogens with zero attached hydrogens (tertiary/aromatic N) is 3. The van der Waals surface area contributed by atoms with Gasteiger partial charge in [0.2, 0.25) is 0 Å². The van der Waals surface area contributed by atoms with E-state index >= 15 is 0 Å². The van der Waals surface area contributed by atoms with Crippen molar-refractivity contribution in [1.29, 1.82) is 0 Å². The van der Waals surface area contributed by atoms with Gasteiger partial charge in [-0.15, -0.1) is 0 Å². The summed E-state index contributed by atoms with van der Waals surface area (Å²) in [6.07, 6.45) is 0. The minimum Gasteiger partial charge on any atom is -0.361 e. The fraction of sp³-hybridized carbons (Fsp3) is 0.150. The molecule has 0 radical (unpaired) electrons. The summed E-state index contributed by atoms with van der Waals surface area (Å²) >= 11 is 0. The lowest BCUT2D eigenvalue weighted by Crippen LogP contribution is -2.24. The van der Waals surface area contributed by atoms with Gasteiger partial charge in [0.15, 0.2) is 0 Å². The van der Waals surface area contributed by atoms with E-state index < -0.39 is 0 Å². The Labute approximate surface area is 144 Å². The Morgan fingerprint density at radius 1 is 0.960 bits per heavy atom. The number of fused-ring (bicyclic) bond motifs is 1. The molecule has 5 heteroatoms. The highest BCUT2D eigenvalue weighted by atomic mass is 16.5. The fourth-order valence-electron chi connectivity index (χ4n) is 3.10. The van der Waals surface area contributed by atoms with Gasteiger partial charge in [0.25, 0.3) is 5.56 Å². The van der Waals surface area contributed by atoms with Crippen LogP contribution in [0.2, 0.25) is 0 Å². The average molecular weight is 331 g/mol. The Morgan fingerprint density at radius 2 is 1.64 bits per heavy atom. The Bertz CT molecular complexity index is 1090. The van der Waals surface area contributed by atoms with Gasteiger partial charge in [0.1, 0.15) is 11.5 Å². The van der Waals surface area contributed by atoms with Crippen molar-refractivity contribution < 1.29 is 4.52 Å². The molecule has 0 N–H and O–H groups in total. The minimum absolute atomic E-state index is 0.102. The van der Waals surface area contributed by atoms with E-state index in [2.05, 4.69) is 10.3 Å². The zero-order valence-electron chi connectivity index (χ0n) is 14.1. The lowest BCUT2D eigenvalue weighted by atomic mass is 10.0. The Hall–Kier alpha value is -3.21. The third-order valence-corrected chi connectivity index (χ3v) is 4.31. The van der Waals surface area contributed by atoms with Crippen LogP contribution in [0.1, 0.15) is 17.0 Å². The molecule has 0 bridgehead atoms. The highest BCUT2D eigenvalue weighted by Crippen LogP contribution is 2.30. The van der Waals surface area contributed by atoms with Crippen LogP contribution in [-0.4, -0.2) is 14.9 Å². The van der Waals surface area contributed by atoms with Crippen LogP contribution in [0.4, 0.5) is 0 Å². The summed E-state index contributed by atoms with van der Waals surface area (Å²) in [5.74, 6) is 0.695. The first-order valence-corrected chi connectivity index (χ1v) is 8.12. The summed E-state index contributed by atoms with van der Waals surface area (Å²) in [6.45, 7) is 4.16. The van der Waals surface area contributed by atoms with Crippen molar-refractivity contribution in [3.8, 4) is 11.3 Å². The molecule has 4 rings (SSSR count). The van der Waals surface area contributed by atoms with Gasteiger partial charge in [-0.2, -0.15) is 5.10 Å². The van der Waals surface area contributed by atoms with Gasteiger partial charge in [-0.25, -0.2) is 4.68 Å². The molecule has 25 heavy (non-hydrogen) atoms. The summed E-state index contributed by atoms with van der Waals surface area (Å²) in [4.78, 5) is 12.9. The molecule has 0 atom stereocenters. The number of benzene rings is 2. The van der Waals surface area contributed by atoms with Crippen molar-refractivity contribution in [1.82, 2.24) is 14.9 Å². The first-order chi connectivity index (χ1) is 12.1. The number of aryl methyl sites for hydroxylation is 2. The fourth-order valence-corrected chi connectivity index (χ4v) is 3.10. The highest BCUT2D eigenvalue weighted by molar-refractivity contribution is 5.94. The van der Waals surface area contributed by atoms with Gasteiger partial charge in [-0.3, -0.25) is 4.79 Å². The van der Waals surface area contributed by atoms with E-state index in [4.69, 9.17) is 4.52 Å². The molecular weight excluding hydrogens is 314 g/mol. The van der Waals surface area contributed by atoms with E-state index in [1.54, 1.807) is 0 Å². The van der Waals surface area contributed by atoms with E-state index in [-0.39, 0.29) is 5.56 Å². The zero-order chi connectivity index (χ0) is 17.4. The predicted octanol–water partition coefficient (Wildman–Crippen LogP) is 3.72. The summed E-state index contributed by atoms with van der Waals surface area (Å²) < 4.78 is 6.82.